The molecule has 0 spiro atoms. The van der Waals surface area contributed by atoms with E-state index >= 15 is 0 Å². The van der Waals surface area contributed by atoms with Gasteiger partial charge in [-0.25, -0.2) is 0 Å². The SMILES string of the molecule is C=C(C)/C=C/[Si](OCC)(OCC)OCC. The molecule has 4 heteroatoms. The van der Waals surface area contributed by atoms with Crippen LogP contribution in [0.2, 0.25) is 0 Å². The van der Waals surface area contributed by atoms with Gasteiger partial charge >= 0.3 is 8.80 Å². The highest BCUT2D eigenvalue weighted by Gasteiger charge is 2.37. The second-order valence-corrected chi connectivity index (χ2v) is 5.49. The summed E-state index contributed by atoms with van der Waals surface area (Å²) in [4.78, 5) is 0. The quantitative estimate of drug-likeness (QED) is 0.474. The summed E-state index contributed by atoms with van der Waals surface area (Å²) < 4.78 is 16.9. The summed E-state index contributed by atoms with van der Waals surface area (Å²) >= 11 is 0. The van der Waals surface area contributed by atoms with E-state index in [1.54, 1.807) is 0 Å². The highest BCUT2D eigenvalue weighted by Crippen LogP contribution is 2.12. The summed E-state index contributed by atoms with van der Waals surface area (Å²) in [6.45, 7) is 13.3. The van der Waals surface area contributed by atoms with Crippen molar-refractivity contribution in [2.24, 2.45) is 0 Å². The Labute approximate surface area is 94.1 Å². The van der Waals surface area contributed by atoms with E-state index < -0.39 is 8.80 Å². The van der Waals surface area contributed by atoms with Crippen LogP contribution < -0.4 is 0 Å². The van der Waals surface area contributed by atoms with Crippen molar-refractivity contribution in [1.29, 1.82) is 0 Å². The lowest BCUT2D eigenvalue weighted by atomic mass is 10.4. The third-order valence-electron chi connectivity index (χ3n) is 1.61. The summed E-state index contributed by atoms with van der Waals surface area (Å²) in [5.74, 6) is 0. The Bertz CT molecular complexity index is 197. The smallest absolute Gasteiger partial charge is 0.371 e. The van der Waals surface area contributed by atoms with Gasteiger partial charge in [0.2, 0.25) is 0 Å². The molecule has 0 aliphatic carbocycles. The molecule has 0 saturated heterocycles. The van der Waals surface area contributed by atoms with Crippen LogP contribution in [0.4, 0.5) is 0 Å². The van der Waals surface area contributed by atoms with E-state index in [1.807, 2.05) is 39.5 Å². The van der Waals surface area contributed by atoms with E-state index in [4.69, 9.17) is 13.3 Å². The molecule has 88 valence electrons. The topological polar surface area (TPSA) is 27.7 Å². The molecule has 0 fully saturated rings. The molecule has 0 atom stereocenters. The van der Waals surface area contributed by atoms with Crippen molar-refractivity contribution in [2.75, 3.05) is 19.8 Å². The number of hydrogen-bond donors (Lipinski definition) is 0. The second kappa shape index (κ2) is 7.82. The second-order valence-electron chi connectivity index (χ2n) is 3.08. The normalized spacial score (nSPS) is 12.3. The third-order valence-corrected chi connectivity index (χ3v) is 4.26. The standard InChI is InChI=1S/C11H22O3Si/c1-6-12-15(13-7-2,14-8-3)10-9-11(4)5/h9-10H,4,6-8H2,1-3,5H3/b10-9+. The number of rotatable bonds is 8. The van der Waals surface area contributed by atoms with Crippen LogP contribution in [0.15, 0.2) is 23.9 Å². The summed E-state index contributed by atoms with van der Waals surface area (Å²) in [6, 6.07) is 0. The molecule has 15 heavy (non-hydrogen) atoms. The molecule has 0 aromatic rings. The minimum absolute atomic E-state index is 0.590. The van der Waals surface area contributed by atoms with E-state index in [0.717, 1.165) is 5.57 Å². The molecule has 0 aliphatic heterocycles. The largest absolute Gasteiger partial charge is 0.529 e. The molecule has 0 rings (SSSR count). The summed E-state index contributed by atoms with van der Waals surface area (Å²) in [5, 5.41) is 0. The van der Waals surface area contributed by atoms with Gasteiger partial charge in [-0.2, -0.15) is 0 Å². The molecule has 3 nitrogen and oxygen atoms in total. The minimum Gasteiger partial charge on any atom is -0.371 e. The van der Waals surface area contributed by atoms with Crippen LogP contribution in [-0.4, -0.2) is 28.6 Å². The molecule has 0 N–H and O–H groups in total. The molecule has 0 amide bonds. The van der Waals surface area contributed by atoms with Crippen LogP contribution >= 0.6 is 0 Å². The zero-order valence-electron chi connectivity index (χ0n) is 10.2. The van der Waals surface area contributed by atoms with Gasteiger partial charge in [0.1, 0.15) is 0 Å². The Morgan fingerprint density at radius 2 is 1.47 bits per heavy atom. The Morgan fingerprint density at radius 1 is 1.07 bits per heavy atom. The lowest BCUT2D eigenvalue weighted by Crippen LogP contribution is -2.44. The first-order valence-electron chi connectivity index (χ1n) is 5.36. The fourth-order valence-electron chi connectivity index (χ4n) is 1.12. The van der Waals surface area contributed by atoms with Crippen LogP contribution in [0.3, 0.4) is 0 Å². The number of allylic oxidation sites excluding steroid dienone is 2. The highest BCUT2D eigenvalue weighted by atomic mass is 28.4. The van der Waals surface area contributed by atoms with Crippen molar-refractivity contribution >= 4 is 8.80 Å². The molecule has 0 radical (unpaired) electrons. The first kappa shape index (κ1) is 14.6. The van der Waals surface area contributed by atoms with Gasteiger partial charge in [-0.15, -0.1) is 0 Å². The summed E-state index contributed by atoms with van der Waals surface area (Å²) in [7, 11) is -2.60. The van der Waals surface area contributed by atoms with E-state index in [-0.39, 0.29) is 0 Å². The number of hydrogen-bond acceptors (Lipinski definition) is 3. The summed E-state index contributed by atoms with van der Waals surface area (Å²) in [5.41, 5.74) is 2.86. The third kappa shape index (κ3) is 5.89. The van der Waals surface area contributed by atoms with Crippen LogP contribution in [0.5, 0.6) is 0 Å². The molecule has 0 aliphatic rings. The predicted molar refractivity (Wildman–Crippen MR) is 64.6 cm³/mol. The predicted octanol–water partition coefficient (Wildman–Crippen LogP) is 2.71. The van der Waals surface area contributed by atoms with Crippen molar-refractivity contribution in [3.8, 4) is 0 Å². The maximum Gasteiger partial charge on any atom is 0.529 e. The summed E-state index contributed by atoms with van der Waals surface area (Å²) in [6.07, 6.45) is 1.90. The van der Waals surface area contributed by atoms with Crippen LogP contribution in [-0.2, 0) is 13.3 Å². The lowest BCUT2D eigenvalue weighted by Gasteiger charge is -2.25. The van der Waals surface area contributed by atoms with E-state index in [1.165, 1.54) is 0 Å². The van der Waals surface area contributed by atoms with Gasteiger partial charge < -0.3 is 13.3 Å². The molecule has 0 heterocycles. The fourth-order valence-corrected chi connectivity index (χ4v) is 3.35. The maximum atomic E-state index is 5.63. The van der Waals surface area contributed by atoms with Gasteiger partial charge in [0, 0.05) is 19.8 Å². The van der Waals surface area contributed by atoms with E-state index in [9.17, 15) is 0 Å². The zero-order chi connectivity index (χ0) is 11.7. The Kier molecular flexibility index (Phi) is 7.59. The maximum absolute atomic E-state index is 5.63. The first-order valence-corrected chi connectivity index (χ1v) is 7.17. The average molecular weight is 230 g/mol. The zero-order valence-corrected chi connectivity index (χ0v) is 11.2. The van der Waals surface area contributed by atoms with Crippen LogP contribution in [0, 0.1) is 0 Å². The van der Waals surface area contributed by atoms with Crippen molar-refractivity contribution in [3.63, 3.8) is 0 Å². The molecular weight excluding hydrogens is 208 g/mol. The van der Waals surface area contributed by atoms with Crippen molar-refractivity contribution in [2.45, 2.75) is 27.7 Å². The van der Waals surface area contributed by atoms with Crippen molar-refractivity contribution in [1.82, 2.24) is 0 Å². The van der Waals surface area contributed by atoms with Gasteiger partial charge in [0.05, 0.1) is 0 Å². The lowest BCUT2D eigenvalue weighted by molar-refractivity contribution is 0.0842. The van der Waals surface area contributed by atoms with Gasteiger partial charge in [-0.05, 0) is 33.4 Å². The van der Waals surface area contributed by atoms with Crippen molar-refractivity contribution in [3.05, 3.63) is 23.9 Å². The molecular formula is C11H22O3Si. The Hall–Kier alpha value is -0.423. The van der Waals surface area contributed by atoms with Crippen molar-refractivity contribution < 1.29 is 13.3 Å². The minimum atomic E-state index is -2.60. The van der Waals surface area contributed by atoms with E-state index in [0.29, 0.717) is 19.8 Å². The highest BCUT2D eigenvalue weighted by molar-refractivity contribution is 6.66. The van der Waals surface area contributed by atoms with Crippen LogP contribution in [0.1, 0.15) is 27.7 Å². The molecule has 0 bridgehead atoms. The van der Waals surface area contributed by atoms with Gasteiger partial charge in [-0.1, -0.05) is 18.2 Å². The monoisotopic (exact) mass is 230 g/mol. The fraction of sp³-hybridized carbons (Fsp3) is 0.636. The van der Waals surface area contributed by atoms with E-state index in [2.05, 4.69) is 6.58 Å². The average Bonchev–Trinajstić information content (AvgIpc) is 2.16. The molecule has 0 aromatic carbocycles. The Morgan fingerprint density at radius 3 is 1.73 bits per heavy atom. The van der Waals surface area contributed by atoms with Crippen LogP contribution in [0.25, 0.3) is 0 Å². The molecule has 0 saturated carbocycles. The molecule has 0 aromatic heterocycles. The van der Waals surface area contributed by atoms with Gasteiger partial charge in [-0.3, -0.25) is 0 Å². The van der Waals surface area contributed by atoms with Gasteiger partial charge in [0.25, 0.3) is 0 Å². The molecule has 0 unspecified atom stereocenters. The van der Waals surface area contributed by atoms with Gasteiger partial charge in [0.15, 0.2) is 0 Å². The first-order chi connectivity index (χ1) is 7.10. The Balaban J connectivity index is 4.66.